The van der Waals surface area contributed by atoms with Crippen molar-refractivity contribution in [3.8, 4) is 22.7 Å². The van der Waals surface area contributed by atoms with Crippen LogP contribution in [0.1, 0.15) is 19.5 Å². The van der Waals surface area contributed by atoms with E-state index in [1.165, 1.54) is 18.0 Å². The van der Waals surface area contributed by atoms with Gasteiger partial charge in [0.15, 0.2) is 5.09 Å². The molecule has 1 aromatic carbocycles. The zero-order chi connectivity index (χ0) is 22.2. The summed E-state index contributed by atoms with van der Waals surface area (Å²) in [5.41, 5.74) is 0.585. The molecule has 0 bridgehead atoms. The van der Waals surface area contributed by atoms with Gasteiger partial charge in [0.05, 0.1) is 10.7 Å². The summed E-state index contributed by atoms with van der Waals surface area (Å²) in [6, 6.07) is 9.90. The Morgan fingerprint density at radius 3 is 2.29 bits per heavy atom. The molecule has 3 aromatic heterocycles. The van der Waals surface area contributed by atoms with Crippen LogP contribution in [0.3, 0.4) is 0 Å². The molecule has 0 amide bonds. The molecule has 3 heterocycles. The van der Waals surface area contributed by atoms with Crippen LogP contribution < -0.4 is 0 Å². The number of benzene rings is 1. The molecule has 0 fully saturated rings. The van der Waals surface area contributed by atoms with Gasteiger partial charge in [0.2, 0.25) is 5.89 Å². The maximum atomic E-state index is 13.7. The van der Waals surface area contributed by atoms with Gasteiger partial charge in [0.1, 0.15) is 28.0 Å². The summed E-state index contributed by atoms with van der Waals surface area (Å²) in [6.45, 7) is 3.27. The topological polar surface area (TPSA) is 72.0 Å². The second-order valence-corrected chi connectivity index (χ2v) is 8.65. The third-order valence-corrected chi connectivity index (χ3v) is 5.40. The molecule has 0 unspecified atom stereocenters. The zero-order valence-corrected chi connectivity index (χ0v) is 18.0. The number of oxazole rings is 1. The number of halogens is 3. The zero-order valence-electron chi connectivity index (χ0n) is 16.4. The van der Waals surface area contributed by atoms with Gasteiger partial charge in [-0.25, -0.2) is 18.7 Å². The van der Waals surface area contributed by atoms with Crippen molar-refractivity contribution in [3.63, 3.8) is 0 Å². The lowest BCUT2D eigenvalue weighted by atomic mass is 10.0. The maximum absolute atomic E-state index is 13.7. The smallest absolute Gasteiger partial charge is 0.228 e. The molecular weight excluding hydrogens is 444 g/mol. The Bertz CT molecular complexity index is 1200. The number of aliphatic hydroxyl groups is 1. The lowest BCUT2D eigenvalue weighted by Gasteiger charge is -2.16. The monoisotopic (exact) mass is 459 g/mol. The van der Waals surface area contributed by atoms with Crippen LogP contribution in [0.4, 0.5) is 8.78 Å². The van der Waals surface area contributed by atoms with E-state index >= 15 is 0 Å². The Morgan fingerprint density at radius 2 is 1.71 bits per heavy atom. The number of hydrogen-bond acceptors (Lipinski definition) is 6. The molecule has 0 atom stereocenters. The van der Waals surface area contributed by atoms with Gasteiger partial charge in [-0.1, -0.05) is 11.6 Å². The van der Waals surface area contributed by atoms with Gasteiger partial charge in [-0.3, -0.25) is 4.98 Å². The van der Waals surface area contributed by atoms with E-state index in [4.69, 9.17) is 16.0 Å². The summed E-state index contributed by atoms with van der Waals surface area (Å²) in [6.07, 6.45) is 3.06. The molecule has 0 aliphatic rings. The number of hydrogen-bond donors (Lipinski definition) is 1. The normalized spacial score (nSPS) is 11.7. The van der Waals surface area contributed by atoms with Gasteiger partial charge >= 0.3 is 0 Å². The van der Waals surface area contributed by atoms with E-state index in [1.807, 2.05) is 0 Å². The van der Waals surface area contributed by atoms with Crippen molar-refractivity contribution in [3.05, 3.63) is 77.2 Å². The standard InChI is InChI=1S/C22H16ClF2N3O2S/c1-22(2,29)17-5-3-12(10-26-17)19-21(31-18-6-4-14(23)11-27-18)30-20(28-19)13-7-15(24)9-16(25)8-13/h3-11,29H,1-2H3. The van der Waals surface area contributed by atoms with Crippen molar-refractivity contribution in [2.45, 2.75) is 29.6 Å². The summed E-state index contributed by atoms with van der Waals surface area (Å²) in [4.78, 5) is 13.0. The number of rotatable bonds is 5. The molecule has 4 aromatic rings. The van der Waals surface area contributed by atoms with Crippen LogP contribution >= 0.6 is 23.4 Å². The fraction of sp³-hybridized carbons (Fsp3) is 0.136. The van der Waals surface area contributed by atoms with Gasteiger partial charge in [-0.2, -0.15) is 0 Å². The molecule has 31 heavy (non-hydrogen) atoms. The average molecular weight is 460 g/mol. The molecule has 0 aliphatic heterocycles. The van der Waals surface area contributed by atoms with Crippen LogP contribution in [0.25, 0.3) is 22.7 Å². The van der Waals surface area contributed by atoms with E-state index in [9.17, 15) is 13.9 Å². The molecule has 0 radical (unpaired) electrons. The SMILES string of the molecule is CC(C)(O)c1ccc(-c2nc(-c3cc(F)cc(F)c3)oc2Sc2ccc(Cl)cn2)cn1. The quantitative estimate of drug-likeness (QED) is 0.388. The molecule has 158 valence electrons. The summed E-state index contributed by atoms with van der Waals surface area (Å²) >= 11 is 7.09. The Morgan fingerprint density at radius 1 is 0.968 bits per heavy atom. The number of nitrogens with zero attached hydrogens (tertiary/aromatic N) is 3. The van der Waals surface area contributed by atoms with Crippen molar-refractivity contribution in [2.75, 3.05) is 0 Å². The highest BCUT2D eigenvalue weighted by Gasteiger charge is 2.22. The van der Waals surface area contributed by atoms with Crippen LogP contribution in [0.2, 0.25) is 5.02 Å². The minimum absolute atomic E-state index is 0.0522. The predicted octanol–water partition coefficient (Wildman–Crippen LogP) is 6.11. The first-order chi connectivity index (χ1) is 14.7. The summed E-state index contributed by atoms with van der Waals surface area (Å²) < 4.78 is 33.3. The van der Waals surface area contributed by atoms with Crippen LogP contribution in [0.15, 0.2) is 69.4 Å². The van der Waals surface area contributed by atoms with E-state index in [1.54, 1.807) is 44.3 Å². The Labute approximate surface area is 186 Å². The average Bonchev–Trinajstić information content (AvgIpc) is 3.12. The molecule has 5 nitrogen and oxygen atoms in total. The molecular formula is C22H16ClF2N3O2S. The van der Waals surface area contributed by atoms with Crippen LogP contribution in [0, 0.1) is 11.6 Å². The molecule has 0 saturated heterocycles. The van der Waals surface area contributed by atoms with E-state index < -0.39 is 17.2 Å². The van der Waals surface area contributed by atoms with Crippen LogP contribution in [0.5, 0.6) is 0 Å². The predicted molar refractivity (Wildman–Crippen MR) is 114 cm³/mol. The van der Waals surface area contributed by atoms with Crippen molar-refractivity contribution >= 4 is 23.4 Å². The fourth-order valence-corrected chi connectivity index (χ4v) is 3.70. The Hall–Kier alpha value is -2.81. The highest BCUT2D eigenvalue weighted by Crippen LogP contribution is 2.39. The summed E-state index contributed by atoms with van der Waals surface area (Å²) in [7, 11) is 0. The minimum atomic E-state index is -1.10. The molecule has 0 saturated carbocycles. The van der Waals surface area contributed by atoms with Gasteiger partial charge in [0, 0.05) is 29.6 Å². The summed E-state index contributed by atoms with van der Waals surface area (Å²) in [5, 5.41) is 11.6. The van der Waals surface area contributed by atoms with E-state index in [0.717, 1.165) is 18.2 Å². The molecule has 0 spiro atoms. The van der Waals surface area contributed by atoms with Crippen molar-refractivity contribution in [2.24, 2.45) is 0 Å². The van der Waals surface area contributed by atoms with Crippen molar-refractivity contribution < 1.29 is 18.3 Å². The number of pyridine rings is 2. The van der Waals surface area contributed by atoms with E-state index in [2.05, 4.69) is 15.0 Å². The van der Waals surface area contributed by atoms with Gasteiger partial charge in [-0.15, -0.1) is 0 Å². The largest absolute Gasteiger partial charge is 0.429 e. The van der Waals surface area contributed by atoms with Gasteiger partial charge in [0.25, 0.3) is 0 Å². The van der Waals surface area contributed by atoms with Crippen LogP contribution in [-0.2, 0) is 5.60 Å². The fourth-order valence-electron chi connectivity index (χ4n) is 2.77. The second-order valence-electron chi connectivity index (χ2n) is 7.22. The van der Waals surface area contributed by atoms with Crippen molar-refractivity contribution in [1.29, 1.82) is 0 Å². The maximum Gasteiger partial charge on any atom is 0.228 e. The molecule has 4 rings (SSSR count). The van der Waals surface area contributed by atoms with Crippen molar-refractivity contribution in [1.82, 2.24) is 15.0 Å². The first-order valence-electron chi connectivity index (χ1n) is 9.15. The van der Waals surface area contributed by atoms with E-state index in [-0.39, 0.29) is 11.5 Å². The highest BCUT2D eigenvalue weighted by atomic mass is 35.5. The minimum Gasteiger partial charge on any atom is -0.429 e. The third kappa shape index (κ3) is 4.92. The summed E-state index contributed by atoms with van der Waals surface area (Å²) in [5.74, 6) is -1.42. The van der Waals surface area contributed by atoms with Crippen LogP contribution in [-0.4, -0.2) is 20.1 Å². The van der Waals surface area contributed by atoms with E-state index in [0.29, 0.717) is 32.1 Å². The Kier molecular flexibility index (Phi) is 5.79. The van der Waals surface area contributed by atoms with Gasteiger partial charge < -0.3 is 9.52 Å². The number of aromatic nitrogens is 3. The van der Waals surface area contributed by atoms with Gasteiger partial charge in [-0.05, 0) is 62.0 Å². The first kappa shape index (κ1) is 21.4. The lowest BCUT2D eigenvalue weighted by molar-refractivity contribution is 0.0739. The molecule has 1 N–H and O–H groups in total. The Balaban J connectivity index is 1.79. The first-order valence-corrected chi connectivity index (χ1v) is 10.3. The third-order valence-electron chi connectivity index (χ3n) is 4.27. The second kappa shape index (κ2) is 8.37. The highest BCUT2D eigenvalue weighted by molar-refractivity contribution is 7.99. The molecule has 0 aliphatic carbocycles. The molecule has 9 heteroatoms. The lowest BCUT2D eigenvalue weighted by Crippen LogP contribution is -2.17.